The minimum absolute atomic E-state index is 0.0580. The zero-order chi connectivity index (χ0) is 18.5. The summed E-state index contributed by atoms with van der Waals surface area (Å²) >= 11 is 1.38. The zero-order valence-electron chi connectivity index (χ0n) is 15.3. The van der Waals surface area contributed by atoms with Crippen molar-refractivity contribution in [1.82, 2.24) is 19.5 Å². The van der Waals surface area contributed by atoms with E-state index in [2.05, 4.69) is 29.4 Å². The first kappa shape index (κ1) is 18.3. The molecule has 1 amide bonds. The van der Waals surface area contributed by atoms with E-state index in [4.69, 9.17) is 0 Å². The number of amides is 1. The Morgan fingerprint density at radius 2 is 1.92 bits per heavy atom. The van der Waals surface area contributed by atoms with Crippen molar-refractivity contribution < 1.29 is 4.79 Å². The van der Waals surface area contributed by atoms with Crippen molar-refractivity contribution in [3.63, 3.8) is 0 Å². The molecule has 1 N–H and O–H groups in total. The summed E-state index contributed by atoms with van der Waals surface area (Å²) in [4.78, 5) is 12.3. The molecule has 0 spiro atoms. The number of rotatable bonds is 7. The number of nitrogens with zero attached hydrogens (tertiary/aromatic N) is 4. The number of aromatic nitrogens is 4. The van der Waals surface area contributed by atoms with E-state index in [-0.39, 0.29) is 11.7 Å². The topological polar surface area (TPSA) is 64.7 Å². The Kier molecular flexibility index (Phi) is 5.78. The summed E-state index contributed by atoms with van der Waals surface area (Å²) in [5, 5.41) is 12.2. The summed E-state index contributed by atoms with van der Waals surface area (Å²) in [5.74, 6) is 1.11. The van der Waals surface area contributed by atoms with Gasteiger partial charge in [-0.2, -0.15) is 0 Å². The zero-order valence-corrected chi connectivity index (χ0v) is 16.1. The molecular formula is C19H23N5OS. The van der Waals surface area contributed by atoms with Crippen LogP contribution in [0.25, 0.3) is 0 Å². The normalized spacial score (nSPS) is 10.9. The molecule has 0 aliphatic heterocycles. The number of carbonyl (C=O) groups is 1. The van der Waals surface area contributed by atoms with Crippen molar-refractivity contribution in [2.45, 2.75) is 38.8 Å². The summed E-state index contributed by atoms with van der Waals surface area (Å²) in [6, 6.07) is 9.83. The Labute approximate surface area is 157 Å². The molecule has 0 unspecified atom stereocenters. The van der Waals surface area contributed by atoms with E-state index in [9.17, 15) is 4.79 Å². The average molecular weight is 369 g/mol. The van der Waals surface area contributed by atoms with Gasteiger partial charge in [0, 0.05) is 24.5 Å². The summed E-state index contributed by atoms with van der Waals surface area (Å²) in [6.45, 7) is 6.20. The summed E-state index contributed by atoms with van der Waals surface area (Å²) < 4.78 is 3.89. The lowest BCUT2D eigenvalue weighted by Crippen LogP contribution is -2.16. The second kappa shape index (κ2) is 8.23. The van der Waals surface area contributed by atoms with E-state index >= 15 is 0 Å². The van der Waals surface area contributed by atoms with Gasteiger partial charge in [-0.05, 0) is 55.7 Å². The first-order chi connectivity index (χ1) is 12.6. The van der Waals surface area contributed by atoms with Gasteiger partial charge in [-0.1, -0.05) is 24.8 Å². The second-order valence-corrected chi connectivity index (χ2v) is 7.10. The Morgan fingerprint density at radius 3 is 2.62 bits per heavy atom. The van der Waals surface area contributed by atoms with Crippen LogP contribution >= 0.6 is 11.8 Å². The van der Waals surface area contributed by atoms with Crippen LogP contribution in [0.4, 0.5) is 5.69 Å². The van der Waals surface area contributed by atoms with Gasteiger partial charge in [0.2, 0.25) is 11.1 Å². The highest BCUT2D eigenvalue weighted by molar-refractivity contribution is 7.99. The van der Waals surface area contributed by atoms with Crippen LogP contribution in [0.15, 0.2) is 47.9 Å². The van der Waals surface area contributed by atoms with Crippen LogP contribution < -0.4 is 5.32 Å². The number of thioether (sulfide) groups is 1. The summed E-state index contributed by atoms with van der Waals surface area (Å²) in [7, 11) is 0. The molecule has 0 aliphatic carbocycles. The van der Waals surface area contributed by atoms with Crippen LogP contribution in [0.1, 0.15) is 30.3 Å². The van der Waals surface area contributed by atoms with E-state index in [1.807, 2.05) is 59.0 Å². The minimum atomic E-state index is -0.0580. The number of hydrogen-bond acceptors (Lipinski definition) is 4. The van der Waals surface area contributed by atoms with E-state index in [1.165, 1.54) is 17.3 Å². The molecular weight excluding hydrogens is 346 g/mol. The number of anilines is 1. The van der Waals surface area contributed by atoms with Gasteiger partial charge < -0.3 is 5.32 Å². The number of carbonyl (C=O) groups excluding carboxylic acids is 1. The van der Waals surface area contributed by atoms with Crippen molar-refractivity contribution in [1.29, 1.82) is 0 Å². The highest BCUT2D eigenvalue weighted by atomic mass is 32.2. The molecule has 3 aromatic rings. The Morgan fingerprint density at radius 1 is 1.15 bits per heavy atom. The van der Waals surface area contributed by atoms with Gasteiger partial charge in [0.15, 0.2) is 5.82 Å². The number of benzene rings is 1. The van der Waals surface area contributed by atoms with Crippen molar-refractivity contribution >= 4 is 23.4 Å². The van der Waals surface area contributed by atoms with Crippen molar-refractivity contribution in [3.8, 4) is 0 Å². The summed E-state index contributed by atoms with van der Waals surface area (Å²) in [5.41, 5.74) is 3.19. The molecule has 6 nitrogen and oxygen atoms in total. The largest absolute Gasteiger partial charge is 0.325 e. The quantitative estimate of drug-likeness (QED) is 0.645. The van der Waals surface area contributed by atoms with Gasteiger partial charge in [-0.3, -0.25) is 9.47 Å². The molecule has 0 saturated heterocycles. The van der Waals surface area contributed by atoms with E-state index in [0.29, 0.717) is 5.16 Å². The third-order valence-corrected chi connectivity index (χ3v) is 5.01. The molecule has 2 heterocycles. The Bertz CT molecular complexity index is 885. The molecule has 0 fully saturated rings. The standard InChI is InChI=1S/C19H23N5OS/c1-4-7-17-21-22-19(24(17)23-10-5-6-11-23)26-13-18(25)20-16-9-8-14(2)15(3)12-16/h5-6,8-12H,4,7,13H2,1-3H3,(H,20,25). The molecule has 3 rings (SSSR count). The maximum absolute atomic E-state index is 12.3. The molecule has 0 saturated carbocycles. The van der Waals surface area contributed by atoms with Crippen molar-refractivity contribution in [2.24, 2.45) is 0 Å². The first-order valence-corrected chi connectivity index (χ1v) is 9.65. The van der Waals surface area contributed by atoms with Crippen LogP contribution in [0.5, 0.6) is 0 Å². The molecule has 0 atom stereocenters. The highest BCUT2D eigenvalue weighted by Crippen LogP contribution is 2.20. The average Bonchev–Trinajstić information content (AvgIpc) is 3.26. The second-order valence-electron chi connectivity index (χ2n) is 6.16. The first-order valence-electron chi connectivity index (χ1n) is 8.66. The lowest BCUT2D eigenvalue weighted by atomic mass is 10.1. The molecule has 7 heteroatoms. The monoisotopic (exact) mass is 369 g/mol. The highest BCUT2D eigenvalue weighted by Gasteiger charge is 2.15. The predicted octanol–water partition coefficient (Wildman–Crippen LogP) is 3.69. The smallest absolute Gasteiger partial charge is 0.234 e. The van der Waals surface area contributed by atoms with Crippen LogP contribution in [-0.4, -0.2) is 31.2 Å². The molecule has 2 aromatic heterocycles. The van der Waals surface area contributed by atoms with Crippen LogP contribution in [-0.2, 0) is 11.2 Å². The number of hydrogen-bond donors (Lipinski definition) is 1. The van der Waals surface area contributed by atoms with Gasteiger partial charge in [-0.25, -0.2) is 4.68 Å². The maximum atomic E-state index is 12.3. The fraction of sp³-hybridized carbons (Fsp3) is 0.316. The predicted molar refractivity (Wildman–Crippen MR) is 105 cm³/mol. The van der Waals surface area contributed by atoms with Crippen molar-refractivity contribution in [2.75, 3.05) is 11.1 Å². The Balaban J connectivity index is 1.69. The lowest BCUT2D eigenvalue weighted by Gasteiger charge is -2.11. The van der Waals surface area contributed by atoms with E-state index in [1.54, 1.807) is 0 Å². The SMILES string of the molecule is CCCc1nnc(SCC(=O)Nc2ccc(C)c(C)c2)n1-n1cccc1. The van der Waals surface area contributed by atoms with Crippen LogP contribution in [0, 0.1) is 13.8 Å². The number of nitrogens with one attached hydrogen (secondary N) is 1. The molecule has 0 bridgehead atoms. The van der Waals surface area contributed by atoms with E-state index < -0.39 is 0 Å². The third kappa shape index (κ3) is 4.16. The van der Waals surface area contributed by atoms with Crippen LogP contribution in [0.3, 0.4) is 0 Å². The fourth-order valence-corrected chi connectivity index (χ4v) is 3.36. The number of aryl methyl sites for hydroxylation is 3. The van der Waals surface area contributed by atoms with E-state index in [0.717, 1.165) is 29.9 Å². The molecule has 136 valence electrons. The molecule has 1 aromatic carbocycles. The maximum Gasteiger partial charge on any atom is 0.234 e. The fourth-order valence-electron chi connectivity index (χ4n) is 2.60. The van der Waals surface area contributed by atoms with Gasteiger partial charge >= 0.3 is 0 Å². The third-order valence-electron chi connectivity index (χ3n) is 4.09. The van der Waals surface area contributed by atoms with Crippen LogP contribution in [0.2, 0.25) is 0 Å². The molecule has 0 aliphatic rings. The van der Waals surface area contributed by atoms with Gasteiger partial charge in [0.25, 0.3) is 0 Å². The minimum Gasteiger partial charge on any atom is -0.325 e. The molecule has 26 heavy (non-hydrogen) atoms. The van der Waals surface area contributed by atoms with Gasteiger partial charge in [0.05, 0.1) is 5.75 Å². The Hall–Kier alpha value is -2.54. The summed E-state index contributed by atoms with van der Waals surface area (Å²) in [6.07, 6.45) is 5.71. The van der Waals surface area contributed by atoms with Crippen molar-refractivity contribution in [3.05, 3.63) is 59.7 Å². The molecule has 0 radical (unpaired) electrons. The van der Waals surface area contributed by atoms with Gasteiger partial charge in [-0.15, -0.1) is 10.2 Å². The van der Waals surface area contributed by atoms with Gasteiger partial charge in [0.1, 0.15) is 0 Å². The lowest BCUT2D eigenvalue weighted by molar-refractivity contribution is -0.113.